The summed E-state index contributed by atoms with van der Waals surface area (Å²) in [5, 5.41) is 26.1. The molecule has 0 bridgehead atoms. The molecule has 1 aliphatic rings. The molecule has 0 aliphatic heterocycles. The van der Waals surface area contributed by atoms with Crippen LogP contribution in [0.5, 0.6) is 0 Å². The van der Waals surface area contributed by atoms with Crippen LogP contribution in [0.1, 0.15) is 96.3 Å². The van der Waals surface area contributed by atoms with Crippen LogP contribution in [0.2, 0.25) is 0 Å². The molecule has 0 aromatic carbocycles. The van der Waals surface area contributed by atoms with Gasteiger partial charge in [-0.25, -0.2) is 0 Å². The first-order chi connectivity index (χ1) is 13.4. The summed E-state index contributed by atoms with van der Waals surface area (Å²) in [7, 11) is 0. The lowest BCUT2D eigenvalue weighted by Crippen LogP contribution is -2.05. The number of carboxylic acids is 3. The minimum atomic E-state index is -0.998. The van der Waals surface area contributed by atoms with Crippen molar-refractivity contribution in [2.45, 2.75) is 96.3 Å². The second kappa shape index (κ2) is 18.0. The molecule has 1 rings (SSSR count). The molecule has 0 heterocycles. The van der Waals surface area contributed by atoms with E-state index in [1.807, 2.05) is 0 Å². The number of unbranched alkanes of at least 4 members (excludes halogenated alkanes) is 12. The minimum Gasteiger partial charge on any atom is -0.481 e. The van der Waals surface area contributed by atoms with E-state index in [9.17, 15) is 14.4 Å². The summed E-state index contributed by atoms with van der Waals surface area (Å²) in [6, 6.07) is 0. The third-order valence-corrected chi connectivity index (χ3v) is 5.51. The normalized spacial score (nSPS) is 17.5. The Bertz CT molecular complexity index is 423. The first-order valence-electron chi connectivity index (χ1n) is 10.6. The molecule has 0 aromatic rings. The van der Waals surface area contributed by atoms with Gasteiger partial charge in [-0.05, 0) is 19.3 Å². The number of halogens is 1. The van der Waals surface area contributed by atoms with Crippen molar-refractivity contribution in [1.82, 2.24) is 0 Å². The van der Waals surface area contributed by atoms with Crippen molar-refractivity contribution in [3.05, 3.63) is 0 Å². The van der Waals surface area contributed by atoms with E-state index < -0.39 is 29.7 Å². The summed E-state index contributed by atoms with van der Waals surface area (Å²) < 4.78 is 0. The Balaban J connectivity index is 0.000000668. The lowest BCUT2D eigenvalue weighted by molar-refractivity contribution is -0.144. The van der Waals surface area contributed by atoms with Crippen molar-refractivity contribution in [3.63, 3.8) is 0 Å². The third kappa shape index (κ3) is 17.0. The van der Waals surface area contributed by atoms with Gasteiger partial charge in [-0.3, -0.25) is 14.4 Å². The fourth-order valence-corrected chi connectivity index (χ4v) is 3.45. The zero-order chi connectivity index (χ0) is 21.2. The molecule has 0 aromatic heterocycles. The Morgan fingerprint density at radius 3 is 1.18 bits per heavy atom. The molecular formula is C21H37BrO6. The molecule has 28 heavy (non-hydrogen) atoms. The minimum absolute atomic E-state index is 0.296. The van der Waals surface area contributed by atoms with Crippen LogP contribution in [0.3, 0.4) is 0 Å². The smallest absolute Gasteiger partial charge is 0.307 e. The number of rotatable bonds is 17. The second-order valence-corrected chi connectivity index (χ2v) is 8.35. The van der Waals surface area contributed by atoms with Crippen LogP contribution in [-0.2, 0) is 14.4 Å². The average molecular weight is 465 g/mol. The van der Waals surface area contributed by atoms with Gasteiger partial charge in [0.25, 0.3) is 0 Å². The van der Waals surface area contributed by atoms with Crippen LogP contribution in [0, 0.1) is 11.8 Å². The molecule has 1 saturated carbocycles. The molecule has 7 heteroatoms. The highest BCUT2D eigenvalue weighted by Gasteiger charge is 2.48. The van der Waals surface area contributed by atoms with Crippen molar-refractivity contribution in [2.75, 3.05) is 5.33 Å². The molecule has 1 aliphatic carbocycles. The molecule has 2 atom stereocenters. The van der Waals surface area contributed by atoms with Crippen LogP contribution in [0.25, 0.3) is 0 Å². The summed E-state index contributed by atoms with van der Waals surface area (Å²) >= 11 is 3.46. The topological polar surface area (TPSA) is 112 Å². The van der Waals surface area contributed by atoms with Crippen LogP contribution >= 0.6 is 15.9 Å². The zero-order valence-electron chi connectivity index (χ0n) is 16.9. The number of carbonyl (C=O) groups is 3. The summed E-state index contributed by atoms with van der Waals surface area (Å²) in [6.07, 6.45) is 17.4. The van der Waals surface area contributed by atoms with Gasteiger partial charge in [0, 0.05) is 11.8 Å². The zero-order valence-corrected chi connectivity index (χ0v) is 18.5. The van der Waals surface area contributed by atoms with Crippen molar-refractivity contribution >= 4 is 33.8 Å². The number of hydrogen-bond acceptors (Lipinski definition) is 3. The van der Waals surface area contributed by atoms with Gasteiger partial charge in [-0.2, -0.15) is 0 Å². The number of carboxylic acid groups (broad SMARTS) is 3. The number of alkyl halides is 1. The summed E-state index contributed by atoms with van der Waals surface area (Å²) in [5.41, 5.74) is 0. The molecule has 0 saturated heterocycles. The van der Waals surface area contributed by atoms with Gasteiger partial charge in [-0.1, -0.05) is 86.6 Å². The summed E-state index contributed by atoms with van der Waals surface area (Å²) in [4.78, 5) is 30.3. The molecule has 0 spiro atoms. The first kappa shape index (κ1) is 26.9. The summed E-state index contributed by atoms with van der Waals surface area (Å²) in [6.45, 7) is 0. The summed E-state index contributed by atoms with van der Waals surface area (Å²) in [5.74, 6) is -3.90. The second-order valence-electron chi connectivity index (χ2n) is 7.55. The Kier molecular flexibility index (Phi) is 17.2. The molecule has 0 amide bonds. The van der Waals surface area contributed by atoms with E-state index in [1.54, 1.807) is 0 Å². The highest BCUT2D eigenvalue weighted by atomic mass is 79.9. The van der Waals surface area contributed by atoms with E-state index in [2.05, 4.69) is 15.9 Å². The number of hydrogen-bond donors (Lipinski definition) is 3. The first-order valence-corrected chi connectivity index (χ1v) is 11.8. The lowest BCUT2D eigenvalue weighted by Gasteiger charge is -2.02. The van der Waals surface area contributed by atoms with Crippen LogP contribution in [0.4, 0.5) is 0 Å². The van der Waals surface area contributed by atoms with E-state index in [0.29, 0.717) is 12.8 Å². The fraction of sp³-hybridized carbons (Fsp3) is 0.857. The predicted molar refractivity (Wildman–Crippen MR) is 113 cm³/mol. The van der Waals surface area contributed by atoms with Crippen LogP contribution < -0.4 is 0 Å². The molecule has 0 unspecified atom stereocenters. The predicted octanol–water partition coefficient (Wildman–Crippen LogP) is 5.72. The van der Waals surface area contributed by atoms with E-state index in [-0.39, 0.29) is 0 Å². The maximum Gasteiger partial charge on any atom is 0.307 e. The van der Waals surface area contributed by atoms with Gasteiger partial charge >= 0.3 is 17.9 Å². The molecule has 164 valence electrons. The van der Waals surface area contributed by atoms with Gasteiger partial charge in [0.05, 0.1) is 11.8 Å². The Hall–Kier alpha value is -1.11. The largest absolute Gasteiger partial charge is 0.481 e. The standard InChI is InChI=1S/C16H31BrO2.C5H6O4/c17-15-13-11-9-7-5-3-1-2-4-6-8-10-12-14-16(18)19;6-4(7)2-1-3(2)5(8)9/h1-15H2,(H,18,19);2-3H,1H2,(H,6,7)(H,8,9)/t;2-,3+. The van der Waals surface area contributed by atoms with Crippen LogP contribution in [-0.4, -0.2) is 38.6 Å². The Morgan fingerprint density at radius 2 is 0.929 bits per heavy atom. The van der Waals surface area contributed by atoms with Gasteiger partial charge in [0.15, 0.2) is 0 Å². The van der Waals surface area contributed by atoms with E-state index in [4.69, 9.17) is 15.3 Å². The third-order valence-electron chi connectivity index (χ3n) is 4.95. The van der Waals surface area contributed by atoms with Crippen molar-refractivity contribution in [2.24, 2.45) is 11.8 Å². The maximum absolute atomic E-state index is 10.3. The molecule has 0 radical (unpaired) electrons. The molecular weight excluding hydrogens is 428 g/mol. The van der Waals surface area contributed by atoms with E-state index in [1.165, 1.54) is 70.6 Å². The van der Waals surface area contributed by atoms with Gasteiger partial charge < -0.3 is 15.3 Å². The van der Waals surface area contributed by atoms with Gasteiger partial charge in [0.2, 0.25) is 0 Å². The van der Waals surface area contributed by atoms with Crippen molar-refractivity contribution < 1.29 is 29.7 Å². The highest BCUT2D eigenvalue weighted by molar-refractivity contribution is 9.09. The maximum atomic E-state index is 10.3. The van der Waals surface area contributed by atoms with E-state index >= 15 is 0 Å². The molecule has 6 nitrogen and oxygen atoms in total. The quantitative estimate of drug-likeness (QED) is 0.187. The molecule has 1 fully saturated rings. The SMILES string of the molecule is O=C(O)CCCCCCCCCCCCCCCBr.O=C(O)[C@H]1C[C@H]1C(=O)O. The fourth-order valence-electron chi connectivity index (χ4n) is 3.06. The van der Waals surface area contributed by atoms with Crippen molar-refractivity contribution in [3.8, 4) is 0 Å². The Morgan fingerprint density at radius 1 is 0.607 bits per heavy atom. The average Bonchev–Trinajstić information content (AvgIpc) is 3.44. The van der Waals surface area contributed by atoms with Gasteiger partial charge in [-0.15, -0.1) is 0 Å². The van der Waals surface area contributed by atoms with Crippen LogP contribution in [0.15, 0.2) is 0 Å². The van der Waals surface area contributed by atoms with Gasteiger partial charge in [0.1, 0.15) is 0 Å². The van der Waals surface area contributed by atoms with E-state index in [0.717, 1.165) is 18.2 Å². The monoisotopic (exact) mass is 464 g/mol. The molecule has 3 N–H and O–H groups in total. The lowest BCUT2D eigenvalue weighted by atomic mass is 10.0. The Labute approximate surface area is 177 Å². The number of aliphatic carboxylic acids is 3. The van der Waals surface area contributed by atoms with Crippen molar-refractivity contribution in [1.29, 1.82) is 0 Å². The highest BCUT2D eigenvalue weighted by Crippen LogP contribution is 2.38.